The molecule has 0 saturated heterocycles. The fourth-order valence-electron chi connectivity index (χ4n) is 9.72. The summed E-state index contributed by atoms with van der Waals surface area (Å²) in [6.07, 6.45) is 0. The van der Waals surface area contributed by atoms with Gasteiger partial charge in [-0.05, 0) is 93.0 Å². The lowest BCUT2D eigenvalue weighted by atomic mass is 9.64. The Hall–Kier alpha value is -4.77. The zero-order valence-electron chi connectivity index (χ0n) is 32.5. The highest BCUT2D eigenvalue weighted by Crippen LogP contribution is 2.61. The van der Waals surface area contributed by atoms with E-state index in [0.717, 1.165) is 64.1 Å². The topological polar surface area (TPSA) is 68.3 Å². The van der Waals surface area contributed by atoms with Crippen LogP contribution in [0.3, 0.4) is 0 Å². The van der Waals surface area contributed by atoms with Crippen LogP contribution in [0.15, 0.2) is 233 Å². The van der Waals surface area contributed by atoms with Crippen molar-refractivity contribution in [2.24, 2.45) is 0 Å². The summed E-state index contributed by atoms with van der Waals surface area (Å²) in [6, 6.07) is 63.4. The maximum absolute atomic E-state index is 13.5. The van der Waals surface area contributed by atoms with Crippen molar-refractivity contribution in [3.8, 4) is 0 Å². The smallest absolute Gasteiger partial charge is 0.207 e. The van der Waals surface area contributed by atoms with E-state index in [1.54, 1.807) is 47.8 Å². The predicted octanol–water partition coefficient (Wildman–Crippen LogP) is 13.3. The van der Waals surface area contributed by atoms with E-state index in [-0.39, 0.29) is 0 Å². The van der Waals surface area contributed by atoms with Gasteiger partial charge in [-0.15, -0.1) is 0 Å². The molecule has 0 aliphatic carbocycles. The minimum atomic E-state index is -3.59. The SMILES string of the molecule is ClC(Cl)Cl.O=S1(=O)c2ccccc2C2(c3ccccc3Sc3ccccc32)c2ccccc21.O=S1(=O)c2ccccc2C2(c3ccccc3Sc3ccccc32)c2ccccc21. The molecule has 4 aliphatic rings. The minimum absolute atomic E-state index is 0.398. The summed E-state index contributed by atoms with van der Waals surface area (Å²) in [7, 11) is -7.18. The van der Waals surface area contributed by atoms with Crippen LogP contribution in [-0.2, 0) is 30.5 Å². The monoisotopic (exact) mass is 942 g/mol. The molecule has 0 saturated carbocycles. The summed E-state index contributed by atoms with van der Waals surface area (Å²) in [6.45, 7) is 0. The highest BCUT2D eigenvalue weighted by molar-refractivity contribution is 7.99. The molecule has 8 aromatic carbocycles. The van der Waals surface area contributed by atoms with E-state index >= 15 is 0 Å². The fraction of sp³-hybridized carbons (Fsp3) is 0.0588. The molecular weight excluding hydrogens is 911 g/mol. The van der Waals surface area contributed by atoms with Crippen LogP contribution in [0.1, 0.15) is 44.5 Å². The third kappa shape index (κ3) is 6.10. The Labute approximate surface area is 384 Å². The average molecular weight is 944 g/mol. The lowest BCUT2D eigenvalue weighted by molar-refractivity contribution is 0.573. The lowest BCUT2D eigenvalue weighted by Gasteiger charge is -2.45. The summed E-state index contributed by atoms with van der Waals surface area (Å²) in [4.78, 5) is 6.24. The molecule has 4 heterocycles. The molecule has 0 amide bonds. The first-order valence-corrected chi connectivity index (χ1v) is 25.5. The van der Waals surface area contributed by atoms with Crippen LogP contribution < -0.4 is 0 Å². The molecule has 11 heteroatoms. The quantitative estimate of drug-likeness (QED) is 0.141. The Balaban J connectivity index is 0.000000136. The van der Waals surface area contributed by atoms with Crippen molar-refractivity contribution in [3.05, 3.63) is 239 Å². The second-order valence-corrected chi connectivity index (χ2v) is 22.8. The van der Waals surface area contributed by atoms with Gasteiger partial charge in [0, 0.05) is 19.6 Å². The normalized spacial score (nSPS) is 16.5. The number of sulfone groups is 2. The van der Waals surface area contributed by atoms with Gasteiger partial charge in [0.05, 0.1) is 30.4 Å². The minimum Gasteiger partial charge on any atom is -0.218 e. The molecule has 2 spiro atoms. The van der Waals surface area contributed by atoms with Crippen LogP contribution in [0.4, 0.5) is 0 Å². The van der Waals surface area contributed by atoms with Crippen LogP contribution in [-0.4, -0.2) is 21.1 Å². The zero-order valence-corrected chi connectivity index (χ0v) is 38.0. The van der Waals surface area contributed by atoms with Gasteiger partial charge >= 0.3 is 0 Å². The van der Waals surface area contributed by atoms with E-state index in [4.69, 9.17) is 34.8 Å². The molecule has 0 unspecified atom stereocenters. The summed E-state index contributed by atoms with van der Waals surface area (Å²) in [5.41, 5.74) is 6.57. The van der Waals surface area contributed by atoms with E-state index < -0.39 is 34.8 Å². The summed E-state index contributed by atoms with van der Waals surface area (Å²) in [5.74, 6) is 0. The maximum Gasteiger partial charge on any atom is 0.207 e. The van der Waals surface area contributed by atoms with Gasteiger partial charge in [-0.1, -0.05) is 204 Å². The van der Waals surface area contributed by atoms with E-state index in [9.17, 15) is 16.8 Å². The largest absolute Gasteiger partial charge is 0.218 e. The molecule has 4 nitrogen and oxygen atoms in total. The van der Waals surface area contributed by atoms with Crippen molar-refractivity contribution in [3.63, 3.8) is 0 Å². The summed E-state index contributed by atoms with van der Waals surface area (Å²) < 4.78 is 53.4. The number of hydrogen-bond acceptors (Lipinski definition) is 6. The Kier molecular flexibility index (Phi) is 10.5. The van der Waals surface area contributed by atoms with Crippen LogP contribution in [0, 0.1) is 0 Å². The van der Waals surface area contributed by atoms with Gasteiger partial charge in [-0.3, -0.25) is 0 Å². The Bertz CT molecular complexity index is 2890. The van der Waals surface area contributed by atoms with E-state index in [1.165, 1.54) is 0 Å². The van der Waals surface area contributed by atoms with Crippen molar-refractivity contribution < 1.29 is 16.8 Å². The molecule has 0 atom stereocenters. The average Bonchev–Trinajstić information content (AvgIpc) is 3.29. The van der Waals surface area contributed by atoms with Gasteiger partial charge in [0.25, 0.3) is 0 Å². The van der Waals surface area contributed by atoms with E-state index in [2.05, 4.69) is 48.5 Å². The summed E-state index contributed by atoms with van der Waals surface area (Å²) >= 11 is 17.9. The number of halogens is 3. The second-order valence-electron chi connectivity index (χ2n) is 14.9. The van der Waals surface area contributed by atoms with Gasteiger partial charge in [-0.25, -0.2) is 16.8 Å². The molecule has 8 aromatic rings. The molecule has 0 aromatic heterocycles. The molecule has 306 valence electrons. The molecule has 0 radical (unpaired) electrons. The van der Waals surface area contributed by atoms with Gasteiger partial charge in [0.1, 0.15) is 0 Å². The van der Waals surface area contributed by atoms with Crippen LogP contribution >= 0.6 is 58.3 Å². The molecule has 0 bridgehead atoms. The third-order valence-electron chi connectivity index (χ3n) is 11.9. The third-order valence-corrected chi connectivity index (χ3v) is 18.0. The second kappa shape index (κ2) is 15.8. The summed E-state index contributed by atoms with van der Waals surface area (Å²) in [5, 5.41) is 0. The van der Waals surface area contributed by atoms with Crippen molar-refractivity contribution in [2.45, 2.75) is 54.3 Å². The number of hydrogen-bond donors (Lipinski definition) is 0. The number of benzene rings is 8. The standard InChI is InChI=1S/2C25H16O2S2.CHCl3/c2*26-29(27)23-15-7-3-11-19(23)25(20-12-4-8-16-24(20)29)17-9-1-5-13-21(17)28-22-14-6-2-10-18(22)25;2-1(3)4/h2*1-16H;1H. The first kappa shape index (κ1) is 41.3. The predicted molar refractivity (Wildman–Crippen MR) is 250 cm³/mol. The molecule has 12 rings (SSSR count). The fourth-order valence-corrected chi connectivity index (χ4v) is 15.7. The highest BCUT2D eigenvalue weighted by Gasteiger charge is 2.53. The molecule has 62 heavy (non-hydrogen) atoms. The molecular formula is C51H33Cl3O4S4. The Morgan fingerprint density at radius 2 is 0.484 bits per heavy atom. The number of fused-ring (bicyclic) bond motifs is 16. The molecule has 0 N–H and O–H groups in total. The van der Waals surface area contributed by atoms with Gasteiger partial charge in [-0.2, -0.15) is 0 Å². The lowest BCUT2D eigenvalue weighted by Crippen LogP contribution is -2.39. The van der Waals surface area contributed by atoms with Crippen molar-refractivity contribution in [2.75, 3.05) is 0 Å². The molecule has 4 aliphatic heterocycles. The maximum atomic E-state index is 13.5. The number of rotatable bonds is 0. The van der Waals surface area contributed by atoms with Crippen molar-refractivity contribution in [1.29, 1.82) is 0 Å². The van der Waals surface area contributed by atoms with Crippen molar-refractivity contribution >= 4 is 78.0 Å². The first-order valence-electron chi connectivity index (χ1n) is 19.6. The Morgan fingerprint density at radius 1 is 0.306 bits per heavy atom. The highest BCUT2D eigenvalue weighted by atomic mass is 35.6. The van der Waals surface area contributed by atoms with Crippen molar-refractivity contribution in [1.82, 2.24) is 0 Å². The Morgan fingerprint density at radius 3 is 0.710 bits per heavy atom. The first-order chi connectivity index (χ1) is 30.0. The van der Waals surface area contributed by atoms with E-state index in [1.807, 2.05) is 121 Å². The van der Waals surface area contributed by atoms with Gasteiger partial charge < -0.3 is 0 Å². The van der Waals surface area contributed by atoms with Crippen LogP contribution in [0.5, 0.6) is 0 Å². The van der Waals surface area contributed by atoms with Gasteiger partial charge in [0.2, 0.25) is 19.7 Å². The zero-order chi connectivity index (χ0) is 42.9. The number of alkyl halides is 3. The van der Waals surface area contributed by atoms with E-state index in [0.29, 0.717) is 19.6 Å². The van der Waals surface area contributed by atoms with Gasteiger partial charge in [0.15, 0.2) is 4.30 Å². The molecule has 0 fully saturated rings. The van der Waals surface area contributed by atoms with Crippen LogP contribution in [0.2, 0.25) is 0 Å². The van der Waals surface area contributed by atoms with Crippen LogP contribution in [0.25, 0.3) is 0 Å².